The summed E-state index contributed by atoms with van der Waals surface area (Å²) in [6, 6.07) is 9.93. The molecular weight excluding hydrogens is 280 g/mol. The Morgan fingerprint density at radius 1 is 1.14 bits per heavy atom. The highest BCUT2D eigenvalue weighted by Crippen LogP contribution is 2.07. The fourth-order valence-electron chi connectivity index (χ4n) is 2.34. The number of nitrogens with zero attached hydrogens (tertiary/aromatic N) is 3. The maximum absolute atomic E-state index is 12.1. The lowest BCUT2D eigenvalue weighted by Gasteiger charge is -2.00. The number of aryl methyl sites for hydroxylation is 1. The van der Waals surface area contributed by atoms with Crippen molar-refractivity contribution in [2.24, 2.45) is 14.1 Å². The van der Waals surface area contributed by atoms with Gasteiger partial charge in [-0.15, -0.1) is 0 Å². The molecule has 0 radical (unpaired) electrons. The first-order chi connectivity index (χ1) is 10.6. The molecule has 0 spiro atoms. The Balaban J connectivity index is 1.95. The second-order valence-electron chi connectivity index (χ2n) is 5.11. The standard InChI is InChI=1S/C16H16N4O2/c1-19-14-13(15(21)20(2)16(19)22)17-12(18-14)10-6-9-11-7-4-3-5-8-11/h3-9H,10H2,1-2H3,(H,17,18)/b9-6-. The third kappa shape index (κ3) is 2.39. The molecule has 6 heteroatoms. The lowest BCUT2D eigenvalue weighted by atomic mass is 10.2. The van der Waals surface area contributed by atoms with Gasteiger partial charge in [-0.3, -0.25) is 13.9 Å². The molecule has 0 saturated carbocycles. The van der Waals surface area contributed by atoms with Gasteiger partial charge in [-0.1, -0.05) is 42.5 Å². The summed E-state index contributed by atoms with van der Waals surface area (Å²) in [7, 11) is 3.06. The van der Waals surface area contributed by atoms with Crippen LogP contribution >= 0.6 is 0 Å². The summed E-state index contributed by atoms with van der Waals surface area (Å²) in [5.74, 6) is 0.653. The number of rotatable bonds is 3. The van der Waals surface area contributed by atoms with Crippen LogP contribution in [-0.2, 0) is 20.5 Å². The van der Waals surface area contributed by atoms with Gasteiger partial charge in [0.05, 0.1) is 0 Å². The van der Waals surface area contributed by atoms with Crippen LogP contribution < -0.4 is 11.2 Å². The summed E-state index contributed by atoms with van der Waals surface area (Å²) in [6.07, 6.45) is 4.51. The monoisotopic (exact) mass is 296 g/mol. The van der Waals surface area contributed by atoms with Gasteiger partial charge in [-0.25, -0.2) is 9.78 Å². The second-order valence-corrected chi connectivity index (χ2v) is 5.11. The van der Waals surface area contributed by atoms with Crippen molar-refractivity contribution in [3.8, 4) is 0 Å². The summed E-state index contributed by atoms with van der Waals surface area (Å²) in [5, 5.41) is 0. The van der Waals surface area contributed by atoms with Crippen LogP contribution in [0.4, 0.5) is 0 Å². The van der Waals surface area contributed by atoms with Crippen molar-refractivity contribution in [2.75, 3.05) is 0 Å². The Labute approximate surface area is 126 Å². The number of aromatic nitrogens is 4. The molecule has 0 aliphatic rings. The molecule has 0 amide bonds. The molecule has 0 atom stereocenters. The van der Waals surface area contributed by atoms with Crippen molar-refractivity contribution in [3.05, 3.63) is 68.6 Å². The molecular formula is C16H16N4O2. The number of H-pyrrole nitrogens is 1. The lowest BCUT2D eigenvalue weighted by Crippen LogP contribution is -2.36. The van der Waals surface area contributed by atoms with Gasteiger partial charge < -0.3 is 4.98 Å². The van der Waals surface area contributed by atoms with Crippen LogP contribution in [0.5, 0.6) is 0 Å². The number of imidazole rings is 1. The number of benzene rings is 1. The summed E-state index contributed by atoms with van der Waals surface area (Å²) in [4.78, 5) is 31.3. The van der Waals surface area contributed by atoms with Gasteiger partial charge in [0.15, 0.2) is 5.65 Å². The summed E-state index contributed by atoms with van der Waals surface area (Å²) < 4.78 is 2.45. The normalized spacial score (nSPS) is 11.5. The van der Waals surface area contributed by atoms with Crippen LogP contribution in [-0.4, -0.2) is 19.1 Å². The fourth-order valence-corrected chi connectivity index (χ4v) is 2.34. The van der Waals surface area contributed by atoms with E-state index in [-0.39, 0.29) is 11.2 Å². The highest BCUT2D eigenvalue weighted by atomic mass is 16.2. The summed E-state index contributed by atoms with van der Waals surface area (Å²) >= 11 is 0. The fraction of sp³-hybridized carbons (Fsp3) is 0.188. The van der Waals surface area contributed by atoms with E-state index in [9.17, 15) is 9.59 Å². The average molecular weight is 296 g/mol. The van der Waals surface area contributed by atoms with E-state index >= 15 is 0 Å². The number of hydrogen-bond donors (Lipinski definition) is 1. The van der Waals surface area contributed by atoms with Crippen molar-refractivity contribution in [1.82, 2.24) is 19.1 Å². The quantitative estimate of drug-likeness (QED) is 0.789. The van der Waals surface area contributed by atoms with E-state index in [4.69, 9.17) is 0 Å². The van der Waals surface area contributed by atoms with Gasteiger partial charge in [0.2, 0.25) is 0 Å². The molecule has 22 heavy (non-hydrogen) atoms. The van der Waals surface area contributed by atoms with E-state index in [2.05, 4.69) is 9.97 Å². The van der Waals surface area contributed by atoms with E-state index in [1.165, 1.54) is 11.6 Å². The van der Waals surface area contributed by atoms with Crippen LogP contribution in [0.2, 0.25) is 0 Å². The number of hydrogen-bond acceptors (Lipinski definition) is 3. The highest BCUT2D eigenvalue weighted by molar-refractivity contribution is 5.69. The molecule has 112 valence electrons. The van der Waals surface area contributed by atoms with Crippen molar-refractivity contribution in [1.29, 1.82) is 0 Å². The van der Waals surface area contributed by atoms with Gasteiger partial charge in [-0.2, -0.15) is 0 Å². The average Bonchev–Trinajstić information content (AvgIpc) is 2.96. The predicted molar refractivity (Wildman–Crippen MR) is 85.8 cm³/mol. The van der Waals surface area contributed by atoms with E-state index in [0.29, 0.717) is 23.4 Å². The summed E-state index contributed by atoms with van der Waals surface area (Å²) in [6.45, 7) is 0. The van der Waals surface area contributed by atoms with E-state index in [1.54, 1.807) is 7.05 Å². The second kappa shape index (κ2) is 5.48. The molecule has 2 heterocycles. The maximum atomic E-state index is 12.1. The zero-order valence-corrected chi connectivity index (χ0v) is 12.4. The topological polar surface area (TPSA) is 72.7 Å². The van der Waals surface area contributed by atoms with E-state index in [1.807, 2.05) is 42.5 Å². The SMILES string of the molecule is Cn1c(=O)c2[nH]c(C/C=C\c3ccccc3)nc2n(C)c1=O. The first-order valence-corrected chi connectivity index (χ1v) is 6.94. The molecule has 0 fully saturated rings. The lowest BCUT2D eigenvalue weighted by molar-refractivity contribution is 0.708. The predicted octanol–water partition coefficient (Wildman–Crippen LogP) is 1.22. The smallest absolute Gasteiger partial charge is 0.332 e. The van der Waals surface area contributed by atoms with Crippen LogP contribution in [0, 0.1) is 0 Å². The van der Waals surface area contributed by atoms with Crippen LogP contribution in [0.15, 0.2) is 46.0 Å². The minimum absolute atomic E-state index is 0.354. The molecule has 0 bridgehead atoms. The molecule has 1 aromatic carbocycles. The highest BCUT2D eigenvalue weighted by Gasteiger charge is 2.12. The number of aromatic amines is 1. The van der Waals surface area contributed by atoms with Gasteiger partial charge in [0.1, 0.15) is 11.3 Å². The zero-order valence-electron chi connectivity index (χ0n) is 12.4. The van der Waals surface area contributed by atoms with Gasteiger partial charge in [-0.05, 0) is 5.56 Å². The Kier molecular flexibility index (Phi) is 3.50. The van der Waals surface area contributed by atoms with Crippen LogP contribution in [0.3, 0.4) is 0 Å². The zero-order chi connectivity index (χ0) is 15.7. The van der Waals surface area contributed by atoms with Crippen molar-refractivity contribution in [3.63, 3.8) is 0 Å². The molecule has 1 N–H and O–H groups in total. The molecule has 3 aromatic rings. The Hall–Kier alpha value is -2.89. The third-order valence-corrected chi connectivity index (χ3v) is 3.56. The van der Waals surface area contributed by atoms with Gasteiger partial charge in [0, 0.05) is 20.5 Å². The molecule has 0 aliphatic heterocycles. The van der Waals surface area contributed by atoms with Crippen LogP contribution in [0.1, 0.15) is 11.4 Å². The number of nitrogens with one attached hydrogen (secondary N) is 1. The van der Waals surface area contributed by atoms with Crippen molar-refractivity contribution < 1.29 is 0 Å². The van der Waals surface area contributed by atoms with Crippen molar-refractivity contribution >= 4 is 17.2 Å². The molecule has 0 unspecified atom stereocenters. The molecule has 6 nitrogen and oxygen atoms in total. The third-order valence-electron chi connectivity index (χ3n) is 3.56. The minimum Gasteiger partial charge on any atom is -0.336 e. The Morgan fingerprint density at radius 3 is 2.59 bits per heavy atom. The Bertz CT molecular complexity index is 961. The first-order valence-electron chi connectivity index (χ1n) is 6.94. The minimum atomic E-state index is -0.379. The van der Waals surface area contributed by atoms with Gasteiger partial charge >= 0.3 is 5.69 Å². The molecule has 0 aliphatic carbocycles. The van der Waals surface area contributed by atoms with E-state index in [0.717, 1.165) is 10.1 Å². The maximum Gasteiger partial charge on any atom is 0.332 e. The number of allylic oxidation sites excluding steroid dienone is 1. The van der Waals surface area contributed by atoms with Gasteiger partial charge in [0.25, 0.3) is 5.56 Å². The van der Waals surface area contributed by atoms with Crippen LogP contribution in [0.25, 0.3) is 17.2 Å². The molecule has 0 saturated heterocycles. The molecule has 2 aromatic heterocycles. The van der Waals surface area contributed by atoms with Crippen molar-refractivity contribution in [2.45, 2.75) is 6.42 Å². The first kappa shape index (κ1) is 14.1. The summed E-state index contributed by atoms with van der Waals surface area (Å²) in [5.41, 5.74) is 1.10. The largest absolute Gasteiger partial charge is 0.336 e. The Morgan fingerprint density at radius 2 is 1.86 bits per heavy atom. The molecule has 3 rings (SSSR count). The van der Waals surface area contributed by atoms with E-state index < -0.39 is 0 Å². The number of fused-ring (bicyclic) bond motifs is 1.